The van der Waals surface area contributed by atoms with Crippen LogP contribution in [0.25, 0.3) is 0 Å². The van der Waals surface area contributed by atoms with E-state index in [4.69, 9.17) is 4.74 Å². The number of methoxy groups -OCH3 is 1. The number of aromatic nitrogens is 1. The lowest BCUT2D eigenvalue weighted by Crippen LogP contribution is -2.45. The first-order valence-corrected chi connectivity index (χ1v) is 9.09. The van der Waals surface area contributed by atoms with E-state index in [0.29, 0.717) is 31.8 Å². The molecule has 6 nitrogen and oxygen atoms in total. The normalized spacial score (nSPS) is 19.5. The van der Waals surface area contributed by atoms with Crippen LogP contribution < -0.4 is 5.32 Å². The fourth-order valence-corrected chi connectivity index (χ4v) is 3.48. The molecule has 2 amide bonds. The predicted octanol–water partition coefficient (Wildman–Crippen LogP) is 1.84. The van der Waals surface area contributed by atoms with E-state index in [1.807, 2.05) is 25.1 Å². The van der Waals surface area contributed by atoms with Crippen molar-refractivity contribution in [2.24, 2.45) is 11.8 Å². The lowest BCUT2D eigenvalue weighted by Gasteiger charge is -2.32. The van der Waals surface area contributed by atoms with Crippen molar-refractivity contribution in [1.29, 1.82) is 0 Å². The fraction of sp³-hybridized carbons (Fsp3) is 0.632. The Morgan fingerprint density at radius 2 is 2.00 bits per heavy atom. The summed E-state index contributed by atoms with van der Waals surface area (Å²) in [6, 6.07) is 5.99. The molecule has 25 heavy (non-hydrogen) atoms. The molecule has 0 spiro atoms. The zero-order valence-corrected chi connectivity index (χ0v) is 15.0. The van der Waals surface area contributed by atoms with E-state index in [2.05, 4.69) is 10.3 Å². The molecular formula is C19H27N3O3. The molecule has 1 saturated carbocycles. The van der Waals surface area contributed by atoms with Gasteiger partial charge in [-0.15, -0.1) is 0 Å². The molecule has 0 bridgehead atoms. The molecule has 1 aromatic heterocycles. The number of pyridine rings is 1. The molecular weight excluding hydrogens is 318 g/mol. The van der Waals surface area contributed by atoms with Gasteiger partial charge in [0.1, 0.15) is 6.61 Å². The number of carbonyl (C=O) groups is 2. The van der Waals surface area contributed by atoms with E-state index in [0.717, 1.165) is 24.2 Å². The van der Waals surface area contributed by atoms with Crippen LogP contribution in [0.4, 0.5) is 0 Å². The maximum Gasteiger partial charge on any atom is 0.248 e. The number of hydrogen-bond acceptors (Lipinski definition) is 4. The highest BCUT2D eigenvalue weighted by molar-refractivity contribution is 5.80. The number of nitrogens with zero attached hydrogens (tertiary/aromatic N) is 2. The van der Waals surface area contributed by atoms with Crippen molar-refractivity contribution in [1.82, 2.24) is 15.2 Å². The molecule has 0 unspecified atom stereocenters. The van der Waals surface area contributed by atoms with Crippen molar-refractivity contribution >= 4 is 11.8 Å². The van der Waals surface area contributed by atoms with Crippen molar-refractivity contribution in [3.05, 3.63) is 29.6 Å². The summed E-state index contributed by atoms with van der Waals surface area (Å²) < 4.78 is 4.90. The second kappa shape index (κ2) is 7.95. The highest BCUT2D eigenvalue weighted by Crippen LogP contribution is 2.40. The van der Waals surface area contributed by atoms with Gasteiger partial charge in [0, 0.05) is 31.8 Å². The Balaban J connectivity index is 1.57. The first-order chi connectivity index (χ1) is 12.1. The van der Waals surface area contributed by atoms with Crippen LogP contribution in [-0.2, 0) is 14.3 Å². The Morgan fingerprint density at radius 1 is 1.28 bits per heavy atom. The van der Waals surface area contributed by atoms with Crippen LogP contribution >= 0.6 is 0 Å². The summed E-state index contributed by atoms with van der Waals surface area (Å²) in [6.07, 6.45) is 3.70. The summed E-state index contributed by atoms with van der Waals surface area (Å²) in [5.74, 6) is 0.569. The maximum absolute atomic E-state index is 12.7. The molecule has 3 rings (SSSR count). The number of piperidine rings is 1. The maximum atomic E-state index is 12.7. The Kier molecular flexibility index (Phi) is 5.68. The van der Waals surface area contributed by atoms with Gasteiger partial charge in [-0.2, -0.15) is 0 Å². The molecule has 2 heterocycles. The summed E-state index contributed by atoms with van der Waals surface area (Å²) in [5, 5.41) is 3.23. The molecule has 1 aliphatic carbocycles. The van der Waals surface area contributed by atoms with E-state index in [1.54, 1.807) is 4.90 Å². The van der Waals surface area contributed by atoms with Crippen molar-refractivity contribution in [2.75, 3.05) is 26.8 Å². The van der Waals surface area contributed by atoms with Crippen LogP contribution in [0.2, 0.25) is 0 Å². The quantitative estimate of drug-likeness (QED) is 0.854. The summed E-state index contributed by atoms with van der Waals surface area (Å²) in [5.41, 5.74) is 1.94. The molecule has 0 radical (unpaired) electrons. The lowest BCUT2D eigenvalue weighted by molar-refractivity contribution is -0.138. The van der Waals surface area contributed by atoms with Crippen LogP contribution in [0, 0.1) is 18.8 Å². The molecule has 1 saturated heterocycles. The average Bonchev–Trinajstić information content (AvgIpc) is 3.45. The summed E-state index contributed by atoms with van der Waals surface area (Å²) in [7, 11) is 1.52. The second-order valence-electron chi connectivity index (χ2n) is 7.12. The van der Waals surface area contributed by atoms with Gasteiger partial charge in [-0.3, -0.25) is 14.6 Å². The van der Waals surface area contributed by atoms with E-state index >= 15 is 0 Å². The van der Waals surface area contributed by atoms with Gasteiger partial charge >= 0.3 is 0 Å². The third-order valence-corrected chi connectivity index (χ3v) is 5.11. The van der Waals surface area contributed by atoms with Gasteiger partial charge in [0.2, 0.25) is 11.8 Å². The highest BCUT2D eigenvalue weighted by Gasteiger charge is 2.36. The smallest absolute Gasteiger partial charge is 0.248 e. The Bertz CT molecular complexity index is 622. The van der Waals surface area contributed by atoms with Crippen LogP contribution in [0.1, 0.15) is 43.1 Å². The topological polar surface area (TPSA) is 71.5 Å². The van der Waals surface area contributed by atoms with E-state index < -0.39 is 0 Å². The minimum absolute atomic E-state index is 0.00109. The standard InChI is InChI=1S/C19H27N3O3/c1-13-4-3-5-16(20-13)18(14-6-7-14)21-19(24)15-8-10-22(11-9-15)17(23)12-25-2/h3-5,14-15,18H,6-12H2,1-2H3,(H,21,24)/t18-/m0/s1. The number of aryl methyl sites for hydroxylation is 1. The predicted molar refractivity (Wildman–Crippen MR) is 93.8 cm³/mol. The van der Waals surface area contributed by atoms with Crippen LogP contribution in [0.3, 0.4) is 0 Å². The number of ether oxygens (including phenoxy) is 1. The third kappa shape index (κ3) is 4.57. The minimum atomic E-state index is -0.0299. The number of likely N-dealkylation sites (tertiary alicyclic amines) is 1. The van der Waals surface area contributed by atoms with Gasteiger partial charge in [-0.1, -0.05) is 6.07 Å². The SMILES string of the molecule is COCC(=O)N1CCC(C(=O)N[C@H](c2cccc(C)n2)C2CC2)CC1. The largest absolute Gasteiger partial charge is 0.375 e. The molecule has 1 aliphatic heterocycles. The zero-order valence-electron chi connectivity index (χ0n) is 15.0. The minimum Gasteiger partial charge on any atom is -0.375 e. The van der Waals surface area contributed by atoms with Crippen LogP contribution in [-0.4, -0.2) is 48.5 Å². The molecule has 2 aliphatic rings. The van der Waals surface area contributed by atoms with E-state index in [1.165, 1.54) is 7.11 Å². The van der Waals surface area contributed by atoms with Gasteiger partial charge in [0.25, 0.3) is 0 Å². The lowest BCUT2D eigenvalue weighted by atomic mass is 9.95. The van der Waals surface area contributed by atoms with Crippen LogP contribution in [0.15, 0.2) is 18.2 Å². The summed E-state index contributed by atoms with van der Waals surface area (Å²) in [4.78, 5) is 31.0. The van der Waals surface area contributed by atoms with Gasteiger partial charge in [-0.05, 0) is 50.7 Å². The highest BCUT2D eigenvalue weighted by atomic mass is 16.5. The number of rotatable bonds is 6. The first-order valence-electron chi connectivity index (χ1n) is 9.09. The van der Waals surface area contributed by atoms with Crippen molar-refractivity contribution < 1.29 is 14.3 Å². The van der Waals surface area contributed by atoms with Gasteiger partial charge in [0.05, 0.1) is 11.7 Å². The molecule has 136 valence electrons. The van der Waals surface area contributed by atoms with Crippen LogP contribution in [0.5, 0.6) is 0 Å². The number of carbonyl (C=O) groups excluding carboxylic acids is 2. The molecule has 1 N–H and O–H groups in total. The average molecular weight is 345 g/mol. The number of nitrogens with one attached hydrogen (secondary N) is 1. The van der Waals surface area contributed by atoms with Gasteiger partial charge < -0.3 is 15.0 Å². The van der Waals surface area contributed by atoms with Crippen molar-refractivity contribution in [3.8, 4) is 0 Å². The summed E-state index contributed by atoms with van der Waals surface area (Å²) >= 11 is 0. The monoisotopic (exact) mass is 345 g/mol. The molecule has 1 atom stereocenters. The Labute approximate surface area is 148 Å². The Hall–Kier alpha value is -1.95. The molecule has 2 fully saturated rings. The van der Waals surface area contributed by atoms with E-state index in [9.17, 15) is 9.59 Å². The van der Waals surface area contributed by atoms with Gasteiger partial charge in [-0.25, -0.2) is 0 Å². The Morgan fingerprint density at radius 3 is 2.60 bits per heavy atom. The molecule has 1 aromatic rings. The molecule has 0 aromatic carbocycles. The third-order valence-electron chi connectivity index (χ3n) is 5.11. The first kappa shape index (κ1) is 17.9. The van der Waals surface area contributed by atoms with E-state index in [-0.39, 0.29) is 30.4 Å². The van der Waals surface area contributed by atoms with Gasteiger partial charge in [0.15, 0.2) is 0 Å². The fourth-order valence-electron chi connectivity index (χ4n) is 3.48. The summed E-state index contributed by atoms with van der Waals surface area (Å²) in [6.45, 7) is 3.33. The zero-order chi connectivity index (χ0) is 17.8. The second-order valence-corrected chi connectivity index (χ2v) is 7.12. The van der Waals surface area contributed by atoms with Crippen molar-refractivity contribution in [2.45, 2.75) is 38.6 Å². The van der Waals surface area contributed by atoms with Crippen molar-refractivity contribution in [3.63, 3.8) is 0 Å². The molecule has 6 heteroatoms. The number of hydrogen-bond donors (Lipinski definition) is 1. The number of amides is 2.